The van der Waals surface area contributed by atoms with Crippen molar-refractivity contribution in [3.8, 4) is 0 Å². The number of nitrogens with zero attached hydrogens (tertiary/aromatic N) is 3. The second-order valence-corrected chi connectivity index (χ2v) is 5.12. The molecular weight excluding hydrogens is 250 g/mol. The molecule has 1 aromatic rings. The summed E-state index contributed by atoms with van der Waals surface area (Å²) < 4.78 is 0. The molecule has 1 aliphatic rings. The van der Waals surface area contributed by atoms with E-state index in [4.69, 9.17) is 11.6 Å². The highest BCUT2D eigenvalue weighted by molar-refractivity contribution is 6.32. The van der Waals surface area contributed by atoms with Crippen molar-refractivity contribution in [3.05, 3.63) is 11.2 Å². The quantitative estimate of drug-likeness (QED) is 0.857. The van der Waals surface area contributed by atoms with Crippen molar-refractivity contribution < 1.29 is 0 Å². The van der Waals surface area contributed by atoms with Gasteiger partial charge in [-0.3, -0.25) is 0 Å². The average Bonchev–Trinajstić information content (AvgIpc) is 2.76. The molecule has 0 aromatic carbocycles. The Hall–Kier alpha value is -1.07. The first-order valence-electron chi connectivity index (χ1n) is 6.40. The number of rotatable bonds is 5. The van der Waals surface area contributed by atoms with Gasteiger partial charge in [0.05, 0.1) is 6.20 Å². The average molecular weight is 270 g/mol. The highest BCUT2D eigenvalue weighted by atomic mass is 35.5. The Morgan fingerprint density at radius 3 is 3.06 bits per heavy atom. The predicted molar refractivity (Wildman–Crippen MR) is 75.3 cm³/mol. The zero-order chi connectivity index (χ0) is 13.0. The second-order valence-electron chi connectivity index (χ2n) is 4.71. The molecule has 2 N–H and O–H groups in total. The van der Waals surface area contributed by atoms with Gasteiger partial charge in [0.2, 0.25) is 5.95 Å². The molecule has 1 fully saturated rings. The summed E-state index contributed by atoms with van der Waals surface area (Å²) in [6.45, 7) is 5.11. The van der Waals surface area contributed by atoms with Gasteiger partial charge in [-0.1, -0.05) is 18.5 Å². The maximum atomic E-state index is 6.12. The maximum absolute atomic E-state index is 6.12. The van der Waals surface area contributed by atoms with Crippen LogP contribution in [-0.2, 0) is 0 Å². The molecule has 0 amide bonds. The molecule has 18 heavy (non-hydrogen) atoms. The lowest BCUT2D eigenvalue weighted by molar-refractivity contribution is 0.414. The summed E-state index contributed by atoms with van der Waals surface area (Å²) in [7, 11) is 2.12. The molecule has 1 atom stereocenters. The summed E-state index contributed by atoms with van der Waals surface area (Å²) in [5, 5.41) is 7.13. The Kier molecular flexibility index (Phi) is 4.60. The van der Waals surface area contributed by atoms with Gasteiger partial charge in [-0.05, 0) is 26.4 Å². The van der Waals surface area contributed by atoms with E-state index in [-0.39, 0.29) is 0 Å². The fraction of sp³-hybridized carbons (Fsp3) is 0.667. The van der Waals surface area contributed by atoms with Gasteiger partial charge in [0.15, 0.2) is 5.82 Å². The lowest BCUT2D eigenvalue weighted by Crippen LogP contribution is -2.24. The van der Waals surface area contributed by atoms with Crippen molar-refractivity contribution in [2.45, 2.75) is 25.8 Å². The fourth-order valence-corrected chi connectivity index (χ4v) is 2.18. The van der Waals surface area contributed by atoms with Gasteiger partial charge >= 0.3 is 0 Å². The van der Waals surface area contributed by atoms with Gasteiger partial charge in [0, 0.05) is 19.1 Å². The lowest BCUT2D eigenvalue weighted by atomic mass is 10.2. The van der Waals surface area contributed by atoms with E-state index in [1.54, 1.807) is 6.20 Å². The van der Waals surface area contributed by atoms with Gasteiger partial charge in [-0.2, -0.15) is 4.98 Å². The summed E-state index contributed by atoms with van der Waals surface area (Å²) in [5.74, 6) is 1.36. The van der Waals surface area contributed by atoms with Crippen LogP contribution in [0, 0.1) is 0 Å². The van der Waals surface area contributed by atoms with E-state index >= 15 is 0 Å². The minimum Gasteiger partial charge on any atom is -0.365 e. The molecular formula is C12H20ClN5. The van der Waals surface area contributed by atoms with Crippen LogP contribution in [0.3, 0.4) is 0 Å². The molecule has 0 bridgehead atoms. The van der Waals surface area contributed by atoms with E-state index in [0.717, 1.165) is 38.3 Å². The molecule has 5 nitrogen and oxygen atoms in total. The monoisotopic (exact) mass is 269 g/mol. The topological polar surface area (TPSA) is 53.1 Å². The summed E-state index contributed by atoms with van der Waals surface area (Å²) >= 11 is 6.12. The predicted octanol–water partition coefficient (Wildman–Crippen LogP) is 2.07. The van der Waals surface area contributed by atoms with Crippen LogP contribution in [0.5, 0.6) is 0 Å². The molecule has 2 heterocycles. The molecule has 2 rings (SSSR count). The van der Waals surface area contributed by atoms with Gasteiger partial charge < -0.3 is 15.5 Å². The Bertz CT molecular complexity index is 398. The highest BCUT2D eigenvalue weighted by Crippen LogP contribution is 2.22. The summed E-state index contributed by atoms with van der Waals surface area (Å²) in [5.41, 5.74) is 0. The van der Waals surface area contributed by atoms with Crippen LogP contribution in [0.2, 0.25) is 5.02 Å². The number of hydrogen-bond acceptors (Lipinski definition) is 5. The number of anilines is 2. The van der Waals surface area contributed by atoms with Crippen molar-refractivity contribution in [3.63, 3.8) is 0 Å². The van der Waals surface area contributed by atoms with Crippen LogP contribution in [0.25, 0.3) is 0 Å². The van der Waals surface area contributed by atoms with Crippen molar-refractivity contribution >= 4 is 23.4 Å². The molecule has 1 aromatic heterocycles. The summed E-state index contributed by atoms with van der Waals surface area (Å²) in [6, 6.07) is 0.418. The van der Waals surface area contributed by atoms with Crippen LogP contribution in [-0.4, -0.2) is 47.6 Å². The number of hydrogen-bond donors (Lipinski definition) is 2. The molecule has 1 unspecified atom stereocenters. The van der Waals surface area contributed by atoms with Crippen molar-refractivity contribution in [2.75, 3.05) is 37.3 Å². The van der Waals surface area contributed by atoms with E-state index in [0.29, 0.717) is 17.0 Å². The molecule has 1 saturated heterocycles. The van der Waals surface area contributed by atoms with E-state index in [9.17, 15) is 0 Å². The van der Waals surface area contributed by atoms with Crippen molar-refractivity contribution in [1.29, 1.82) is 0 Å². The van der Waals surface area contributed by atoms with Crippen molar-refractivity contribution in [2.24, 2.45) is 0 Å². The highest BCUT2D eigenvalue weighted by Gasteiger charge is 2.20. The molecule has 0 radical (unpaired) electrons. The molecule has 6 heteroatoms. The van der Waals surface area contributed by atoms with Crippen LogP contribution in [0.4, 0.5) is 11.8 Å². The normalized spacial score (nSPS) is 20.1. The second kappa shape index (κ2) is 6.20. The molecule has 100 valence electrons. The smallest absolute Gasteiger partial charge is 0.224 e. The Morgan fingerprint density at radius 2 is 2.39 bits per heavy atom. The van der Waals surface area contributed by atoms with Crippen LogP contribution in [0.1, 0.15) is 19.8 Å². The van der Waals surface area contributed by atoms with Crippen LogP contribution < -0.4 is 10.6 Å². The minimum absolute atomic E-state index is 0.418. The fourth-order valence-electron chi connectivity index (χ4n) is 2.04. The van der Waals surface area contributed by atoms with Gasteiger partial charge in [0.1, 0.15) is 5.02 Å². The van der Waals surface area contributed by atoms with Crippen molar-refractivity contribution in [1.82, 2.24) is 14.9 Å². The zero-order valence-electron chi connectivity index (χ0n) is 10.9. The first-order valence-corrected chi connectivity index (χ1v) is 6.78. The third-order valence-electron chi connectivity index (χ3n) is 3.01. The minimum atomic E-state index is 0.418. The van der Waals surface area contributed by atoms with E-state index < -0.39 is 0 Å². The third-order valence-corrected chi connectivity index (χ3v) is 3.29. The van der Waals surface area contributed by atoms with Gasteiger partial charge in [0.25, 0.3) is 0 Å². The third kappa shape index (κ3) is 3.46. The van der Waals surface area contributed by atoms with Gasteiger partial charge in [-0.15, -0.1) is 0 Å². The first kappa shape index (κ1) is 13.4. The Balaban J connectivity index is 2.01. The SMILES string of the molecule is CCCNc1ncc(Cl)c(NC2CCN(C)C2)n1. The molecule has 0 aliphatic carbocycles. The number of halogens is 1. The Labute approximate surface area is 113 Å². The summed E-state index contributed by atoms with van der Waals surface area (Å²) in [4.78, 5) is 10.9. The van der Waals surface area contributed by atoms with E-state index in [1.807, 2.05) is 0 Å². The van der Waals surface area contributed by atoms with Crippen LogP contribution >= 0.6 is 11.6 Å². The van der Waals surface area contributed by atoms with Gasteiger partial charge in [-0.25, -0.2) is 4.98 Å². The standard InChI is InChI=1S/C12H20ClN5/c1-3-5-14-12-15-7-10(13)11(17-12)16-9-4-6-18(2)8-9/h7,9H,3-6,8H2,1-2H3,(H2,14,15,16,17). The summed E-state index contributed by atoms with van der Waals surface area (Å²) in [6.07, 6.45) is 3.81. The number of likely N-dealkylation sites (N-methyl/N-ethyl adjacent to an activating group) is 1. The Morgan fingerprint density at radius 1 is 1.56 bits per heavy atom. The maximum Gasteiger partial charge on any atom is 0.224 e. The number of aromatic nitrogens is 2. The van der Waals surface area contributed by atoms with E-state index in [1.165, 1.54) is 0 Å². The largest absolute Gasteiger partial charge is 0.365 e. The molecule has 0 saturated carbocycles. The molecule has 1 aliphatic heterocycles. The van der Waals surface area contributed by atoms with E-state index in [2.05, 4.69) is 39.5 Å². The number of nitrogens with one attached hydrogen (secondary N) is 2. The lowest BCUT2D eigenvalue weighted by Gasteiger charge is -2.15. The zero-order valence-corrected chi connectivity index (χ0v) is 11.7. The molecule has 0 spiro atoms. The van der Waals surface area contributed by atoms with Crippen LogP contribution in [0.15, 0.2) is 6.20 Å². The number of likely N-dealkylation sites (tertiary alicyclic amines) is 1. The first-order chi connectivity index (χ1) is 8.69.